The van der Waals surface area contributed by atoms with E-state index in [-0.39, 0.29) is 0 Å². The van der Waals surface area contributed by atoms with Gasteiger partial charge in [0.05, 0.1) is 0 Å². The summed E-state index contributed by atoms with van der Waals surface area (Å²) in [6.07, 6.45) is -3.61. The number of nitrogens with one attached hydrogen (secondary N) is 1. The highest BCUT2D eigenvalue weighted by Gasteiger charge is 2.37. The summed E-state index contributed by atoms with van der Waals surface area (Å²) < 4.78 is 43.6. The van der Waals surface area contributed by atoms with E-state index in [0.717, 1.165) is 16.0 Å². The summed E-state index contributed by atoms with van der Waals surface area (Å²) in [5.74, 6) is 0. The quantitative estimate of drug-likeness (QED) is 0.914. The van der Waals surface area contributed by atoms with Gasteiger partial charge >= 0.3 is 12.2 Å². The van der Waals surface area contributed by atoms with Gasteiger partial charge in [0.2, 0.25) is 0 Å². The maximum atomic E-state index is 12.8. The van der Waals surface area contributed by atoms with Crippen molar-refractivity contribution in [3.05, 3.63) is 29.3 Å². The van der Waals surface area contributed by atoms with E-state index in [9.17, 15) is 18.0 Å². The Labute approximate surface area is 133 Å². The third-order valence-corrected chi connectivity index (χ3v) is 4.00. The van der Waals surface area contributed by atoms with Crippen molar-refractivity contribution in [3.63, 3.8) is 0 Å². The van der Waals surface area contributed by atoms with Crippen LogP contribution in [-0.4, -0.2) is 42.9 Å². The maximum Gasteiger partial charge on any atom is 0.406 e. The second-order valence-corrected chi connectivity index (χ2v) is 5.82. The molecule has 1 heterocycles. The van der Waals surface area contributed by atoms with Crippen LogP contribution < -0.4 is 5.32 Å². The fourth-order valence-corrected chi connectivity index (χ4v) is 2.57. The number of urea groups is 1. The lowest BCUT2D eigenvalue weighted by atomic mass is 10.1. The molecule has 1 fully saturated rings. The summed E-state index contributed by atoms with van der Waals surface area (Å²) in [5.41, 5.74) is 2.52. The SMILES string of the molecule is Cc1ccc(NC(=O)N(CC(F)(F)F)C2CCOCC2)cc1C. The molecule has 0 bridgehead atoms. The minimum atomic E-state index is -4.43. The Balaban J connectivity index is 2.12. The molecule has 1 aromatic carbocycles. The van der Waals surface area contributed by atoms with Gasteiger partial charge in [0.1, 0.15) is 6.54 Å². The van der Waals surface area contributed by atoms with Gasteiger partial charge < -0.3 is 15.0 Å². The van der Waals surface area contributed by atoms with Crippen molar-refractivity contribution in [2.75, 3.05) is 25.1 Å². The fourth-order valence-electron chi connectivity index (χ4n) is 2.57. The number of benzene rings is 1. The predicted molar refractivity (Wildman–Crippen MR) is 81.5 cm³/mol. The van der Waals surface area contributed by atoms with Crippen LogP contribution >= 0.6 is 0 Å². The number of amides is 2. The molecule has 23 heavy (non-hydrogen) atoms. The van der Waals surface area contributed by atoms with Crippen molar-refractivity contribution in [3.8, 4) is 0 Å². The zero-order chi connectivity index (χ0) is 17.0. The first-order valence-electron chi connectivity index (χ1n) is 7.55. The maximum absolute atomic E-state index is 12.8. The molecular formula is C16H21F3N2O2. The number of alkyl halides is 3. The van der Waals surface area contributed by atoms with Gasteiger partial charge in [0, 0.05) is 24.9 Å². The summed E-state index contributed by atoms with van der Waals surface area (Å²) in [7, 11) is 0. The molecule has 0 aliphatic carbocycles. The van der Waals surface area contributed by atoms with Crippen molar-refractivity contribution in [1.82, 2.24) is 4.90 Å². The lowest BCUT2D eigenvalue weighted by Gasteiger charge is -2.34. The van der Waals surface area contributed by atoms with E-state index in [1.807, 2.05) is 19.9 Å². The van der Waals surface area contributed by atoms with Crippen molar-refractivity contribution < 1.29 is 22.7 Å². The number of aryl methyl sites for hydroxylation is 2. The molecular weight excluding hydrogens is 309 g/mol. The average Bonchev–Trinajstić information content (AvgIpc) is 2.48. The number of halogens is 3. The number of hydrogen-bond donors (Lipinski definition) is 1. The average molecular weight is 330 g/mol. The third-order valence-electron chi connectivity index (χ3n) is 4.00. The van der Waals surface area contributed by atoms with Crippen LogP contribution in [0.5, 0.6) is 0 Å². The Morgan fingerprint density at radius 1 is 1.26 bits per heavy atom. The first kappa shape index (κ1) is 17.6. The molecule has 0 atom stereocenters. The topological polar surface area (TPSA) is 41.6 Å². The van der Waals surface area contributed by atoms with E-state index in [0.29, 0.717) is 31.7 Å². The zero-order valence-corrected chi connectivity index (χ0v) is 13.2. The Hall–Kier alpha value is -1.76. The molecule has 1 aliphatic rings. The number of carbonyl (C=O) groups excluding carboxylic acids is 1. The molecule has 7 heteroatoms. The summed E-state index contributed by atoms with van der Waals surface area (Å²) in [4.78, 5) is 13.2. The molecule has 0 spiro atoms. The molecule has 128 valence electrons. The van der Waals surface area contributed by atoms with Gasteiger partial charge in [-0.05, 0) is 49.9 Å². The van der Waals surface area contributed by atoms with Gasteiger partial charge in [-0.2, -0.15) is 13.2 Å². The van der Waals surface area contributed by atoms with E-state index >= 15 is 0 Å². The lowest BCUT2D eigenvalue weighted by Crippen LogP contribution is -2.49. The van der Waals surface area contributed by atoms with Crippen molar-refractivity contribution in [1.29, 1.82) is 0 Å². The van der Waals surface area contributed by atoms with Crippen molar-refractivity contribution in [2.45, 2.75) is 38.9 Å². The van der Waals surface area contributed by atoms with Crippen LogP contribution in [0.4, 0.5) is 23.7 Å². The Morgan fingerprint density at radius 2 is 1.91 bits per heavy atom. The summed E-state index contributed by atoms with van der Waals surface area (Å²) in [6.45, 7) is 3.30. The highest BCUT2D eigenvalue weighted by Crippen LogP contribution is 2.23. The second kappa shape index (κ2) is 7.21. The number of ether oxygens (including phenoxy) is 1. The van der Waals surface area contributed by atoms with E-state index < -0.39 is 24.8 Å². The Morgan fingerprint density at radius 3 is 2.48 bits per heavy atom. The lowest BCUT2D eigenvalue weighted by molar-refractivity contribution is -0.146. The molecule has 0 radical (unpaired) electrons. The molecule has 2 amide bonds. The van der Waals surface area contributed by atoms with Crippen molar-refractivity contribution >= 4 is 11.7 Å². The Kier molecular flexibility index (Phi) is 5.51. The number of rotatable bonds is 3. The van der Waals surface area contributed by atoms with Gasteiger partial charge in [-0.25, -0.2) is 4.79 Å². The second-order valence-electron chi connectivity index (χ2n) is 5.82. The standard InChI is InChI=1S/C16H21F3N2O2/c1-11-3-4-13(9-12(11)2)20-15(22)21(10-16(17,18)19)14-5-7-23-8-6-14/h3-4,9,14H,5-8,10H2,1-2H3,(H,20,22). The summed E-state index contributed by atoms with van der Waals surface area (Å²) in [5, 5.41) is 2.58. The minimum absolute atomic E-state index is 0.371. The highest BCUT2D eigenvalue weighted by molar-refractivity contribution is 5.89. The van der Waals surface area contributed by atoms with Crippen molar-refractivity contribution in [2.24, 2.45) is 0 Å². The molecule has 4 nitrogen and oxygen atoms in total. The number of anilines is 1. The van der Waals surface area contributed by atoms with Crippen LogP contribution in [0.2, 0.25) is 0 Å². The van der Waals surface area contributed by atoms with Crippen LogP contribution in [0.25, 0.3) is 0 Å². The third kappa shape index (κ3) is 5.13. The first-order chi connectivity index (χ1) is 10.8. The van der Waals surface area contributed by atoms with Gasteiger partial charge in [-0.1, -0.05) is 6.07 Å². The molecule has 1 aliphatic heterocycles. The first-order valence-corrected chi connectivity index (χ1v) is 7.55. The molecule has 0 aromatic heterocycles. The Bertz CT molecular complexity index is 555. The van der Waals surface area contributed by atoms with Gasteiger partial charge in [-0.15, -0.1) is 0 Å². The van der Waals surface area contributed by atoms with E-state index in [2.05, 4.69) is 5.32 Å². The summed E-state index contributed by atoms with van der Waals surface area (Å²) >= 11 is 0. The zero-order valence-electron chi connectivity index (χ0n) is 13.2. The number of nitrogens with zero attached hydrogens (tertiary/aromatic N) is 1. The molecule has 2 rings (SSSR count). The van der Waals surface area contributed by atoms with Crippen LogP contribution in [0.3, 0.4) is 0 Å². The van der Waals surface area contributed by atoms with Crippen LogP contribution in [0.1, 0.15) is 24.0 Å². The van der Waals surface area contributed by atoms with Crippen LogP contribution in [-0.2, 0) is 4.74 Å². The fraction of sp³-hybridized carbons (Fsp3) is 0.562. The van der Waals surface area contributed by atoms with Crippen LogP contribution in [0.15, 0.2) is 18.2 Å². The molecule has 1 saturated heterocycles. The molecule has 1 aromatic rings. The minimum Gasteiger partial charge on any atom is -0.381 e. The predicted octanol–water partition coefficient (Wildman–Crippen LogP) is 3.88. The van der Waals surface area contributed by atoms with E-state index in [1.165, 1.54) is 0 Å². The highest BCUT2D eigenvalue weighted by atomic mass is 19.4. The molecule has 1 N–H and O–H groups in total. The van der Waals surface area contributed by atoms with E-state index in [1.54, 1.807) is 12.1 Å². The van der Waals surface area contributed by atoms with Gasteiger partial charge in [-0.3, -0.25) is 0 Å². The number of carbonyl (C=O) groups is 1. The van der Waals surface area contributed by atoms with E-state index in [4.69, 9.17) is 4.74 Å². The van der Waals surface area contributed by atoms with Gasteiger partial charge in [0.15, 0.2) is 0 Å². The monoisotopic (exact) mass is 330 g/mol. The van der Waals surface area contributed by atoms with Crippen LogP contribution in [0, 0.1) is 13.8 Å². The molecule has 0 saturated carbocycles. The largest absolute Gasteiger partial charge is 0.406 e. The normalized spacial score (nSPS) is 16.2. The summed E-state index contributed by atoms with van der Waals surface area (Å²) in [6, 6.07) is 4.08. The van der Waals surface area contributed by atoms with Gasteiger partial charge in [0.25, 0.3) is 0 Å². The number of hydrogen-bond acceptors (Lipinski definition) is 2. The molecule has 0 unspecified atom stereocenters. The smallest absolute Gasteiger partial charge is 0.381 e.